The molecule has 0 saturated carbocycles. The third-order valence-corrected chi connectivity index (χ3v) is 10.5. The summed E-state index contributed by atoms with van der Waals surface area (Å²) >= 11 is 14.3. The van der Waals surface area contributed by atoms with Gasteiger partial charge in [-0.15, -0.1) is 0 Å². The topological polar surface area (TPSA) is 105 Å². The van der Waals surface area contributed by atoms with Gasteiger partial charge in [-0.3, -0.25) is 14.4 Å². The van der Waals surface area contributed by atoms with Crippen LogP contribution in [-0.2, 0) is 19.2 Å². The van der Waals surface area contributed by atoms with Gasteiger partial charge in [0.1, 0.15) is 17.3 Å². The van der Waals surface area contributed by atoms with Crippen molar-refractivity contribution >= 4 is 58.1 Å². The van der Waals surface area contributed by atoms with Gasteiger partial charge in [-0.2, -0.15) is 0 Å². The van der Waals surface area contributed by atoms with Crippen molar-refractivity contribution in [3.63, 3.8) is 0 Å². The first-order valence-electron chi connectivity index (χ1n) is 17.1. The van der Waals surface area contributed by atoms with Crippen LogP contribution >= 0.6 is 23.2 Å². The molecule has 0 bridgehead atoms. The molecule has 0 radical (unpaired) electrons. The van der Waals surface area contributed by atoms with Gasteiger partial charge in [-0.25, -0.2) is 0 Å². The van der Waals surface area contributed by atoms with Gasteiger partial charge in [0.2, 0.25) is 5.91 Å². The number of halogens is 2. The van der Waals surface area contributed by atoms with Crippen LogP contribution in [-0.4, -0.2) is 55.8 Å². The monoisotopic (exact) mass is 725 g/mol. The lowest BCUT2D eigenvalue weighted by Crippen LogP contribution is -2.46. The van der Waals surface area contributed by atoms with E-state index >= 15 is 0 Å². The van der Waals surface area contributed by atoms with Crippen molar-refractivity contribution in [2.75, 3.05) is 36.1 Å². The third-order valence-electron chi connectivity index (χ3n) is 9.69. The quantitative estimate of drug-likeness (QED) is 0.180. The summed E-state index contributed by atoms with van der Waals surface area (Å²) in [4.78, 5) is 52.3. The Morgan fingerprint density at radius 1 is 0.804 bits per heavy atom. The van der Waals surface area contributed by atoms with Crippen molar-refractivity contribution in [3.8, 4) is 44.9 Å². The van der Waals surface area contributed by atoms with Crippen molar-refractivity contribution in [2.24, 2.45) is 5.92 Å². The molecule has 3 aliphatic rings. The summed E-state index contributed by atoms with van der Waals surface area (Å²) in [5, 5.41) is 3.96. The van der Waals surface area contributed by atoms with E-state index in [1.807, 2.05) is 79.7 Å². The smallest absolute Gasteiger partial charge is 0.265 e. The Bertz CT molecular complexity index is 2070. The minimum Gasteiger partial charge on any atom is -0.482 e. The number of benzene rings is 4. The molecule has 0 spiro atoms. The fraction of sp³-hybridized carbons (Fsp3) is 0.300. The van der Waals surface area contributed by atoms with E-state index in [0.717, 1.165) is 33.4 Å². The van der Waals surface area contributed by atoms with E-state index in [-0.39, 0.29) is 48.7 Å². The van der Waals surface area contributed by atoms with E-state index in [2.05, 4.69) is 5.32 Å². The molecule has 0 aromatic heterocycles. The molecule has 3 amide bonds. The molecule has 4 aromatic rings. The predicted octanol–water partition coefficient (Wildman–Crippen LogP) is 7.73. The highest BCUT2D eigenvalue weighted by Crippen LogP contribution is 2.45. The lowest BCUT2D eigenvalue weighted by molar-refractivity contribution is -0.122. The molecule has 0 unspecified atom stereocenters. The Kier molecular flexibility index (Phi) is 9.77. The molecule has 51 heavy (non-hydrogen) atoms. The maximum absolute atomic E-state index is 12.8. The Labute approximate surface area is 306 Å². The molecule has 1 saturated heterocycles. The minimum atomic E-state index is -0.155. The van der Waals surface area contributed by atoms with Crippen LogP contribution in [0.5, 0.6) is 11.5 Å². The molecule has 9 nitrogen and oxygen atoms in total. The van der Waals surface area contributed by atoms with Gasteiger partial charge in [-0.05, 0) is 61.1 Å². The number of carbonyl (C=O) groups excluding carboxylic acids is 4. The molecule has 0 aliphatic carbocycles. The van der Waals surface area contributed by atoms with Crippen molar-refractivity contribution in [3.05, 3.63) is 82.8 Å². The number of amides is 3. The number of hydrogen-bond acceptors (Lipinski definition) is 6. The van der Waals surface area contributed by atoms with Crippen molar-refractivity contribution < 1.29 is 28.7 Å². The lowest BCUT2D eigenvalue weighted by Gasteiger charge is -2.31. The maximum atomic E-state index is 12.8. The summed E-state index contributed by atoms with van der Waals surface area (Å²) in [7, 11) is 0. The average Bonchev–Trinajstić information content (AvgIpc) is 3.54. The summed E-state index contributed by atoms with van der Waals surface area (Å²) < 4.78 is 11.7. The zero-order valence-corrected chi connectivity index (χ0v) is 29.9. The van der Waals surface area contributed by atoms with Gasteiger partial charge in [0.05, 0.1) is 21.4 Å². The van der Waals surface area contributed by atoms with E-state index in [9.17, 15) is 19.2 Å². The number of nitrogens with zero attached hydrogens (tertiary/aromatic N) is 2. The molecule has 4 aromatic carbocycles. The van der Waals surface area contributed by atoms with Crippen LogP contribution in [0.2, 0.25) is 10.0 Å². The second-order valence-electron chi connectivity index (χ2n) is 13.4. The Morgan fingerprint density at radius 3 is 1.86 bits per heavy atom. The highest BCUT2D eigenvalue weighted by atomic mass is 35.5. The average molecular weight is 727 g/mol. The number of hydrogen-bond donors (Lipinski definition) is 1. The first-order chi connectivity index (χ1) is 24.6. The fourth-order valence-electron chi connectivity index (χ4n) is 6.96. The van der Waals surface area contributed by atoms with Crippen LogP contribution in [0.15, 0.2) is 72.8 Å². The molecule has 11 heteroatoms. The largest absolute Gasteiger partial charge is 0.482 e. The molecule has 1 N–H and O–H groups in total. The first kappa shape index (κ1) is 34.6. The second-order valence-corrected chi connectivity index (χ2v) is 14.2. The van der Waals surface area contributed by atoms with E-state index in [1.165, 1.54) is 0 Å². The van der Waals surface area contributed by atoms with Gasteiger partial charge in [0.15, 0.2) is 13.2 Å². The summed E-state index contributed by atoms with van der Waals surface area (Å²) in [5.41, 5.74) is 6.05. The normalized spacial score (nSPS) is 17.3. The van der Waals surface area contributed by atoms with E-state index in [1.54, 1.807) is 16.7 Å². The zero-order valence-electron chi connectivity index (χ0n) is 28.3. The van der Waals surface area contributed by atoms with Gasteiger partial charge in [0.25, 0.3) is 11.8 Å². The zero-order chi connectivity index (χ0) is 35.8. The first-order valence-corrected chi connectivity index (χ1v) is 17.8. The summed E-state index contributed by atoms with van der Waals surface area (Å²) in [6.45, 7) is 4.36. The summed E-state index contributed by atoms with van der Waals surface area (Å²) in [6, 6.07) is 22.8. The molecule has 2 atom stereocenters. The van der Waals surface area contributed by atoms with Gasteiger partial charge < -0.3 is 29.4 Å². The number of fused-ring (bicyclic) bond motifs is 2. The highest BCUT2D eigenvalue weighted by Gasteiger charge is 2.31. The van der Waals surface area contributed by atoms with Crippen LogP contribution in [0.3, 0.4) is 0 Å². The predicted molar refractivity (Wildman–Crippen MR) is 199 cm³/mol. The number of rotatable bonds is 10. The van der Waals surface area contributed by atoms with Gasteiger partial charge in [0, 0.05) is 54.2 Å². The number of nitrogens with one attached hydrogen (secondary N) is 1. The molecular weight excluding hydrogens is 689 g/mol. The van der Waals surface area contributed by atoms with Gasteiger partial charge >= 0.3 is 0 Å². The van der Waals surface area contributed by atoms with E-state index in [0.29, 0.717) is 71.7 Å². The number of ketones is 1. The minimum absolute atomic E-state index is 0.00144. The summed E-state index contributed by atoms with van der Waals surface area (Å²) in [5.74, 6) is 1.18. The lowest BCUT2D eigenvalue weighted by atomic mass is 9.95. The maximum Gasteiger partial charge on any atom is 0.265 e. The Balaban J connectivity index is 1.16. The molecule has 3 aliphatic heterocycles. The number of carbonyl (C=O) groups is 4. The molecule has 262 valence electrons. The van der Waals surface area contributed by atoms with Crippen LogP contribution in [0, 0.1) is 5.92 Å². The van der Waals surface area contributed by atoms with Crippen LogP contribution in [0.1, 0.15) is 39.5 Å². The Hall–Kier alpha value is -4.86. The third kappa shape index (κ3) is 7.05. The molecule has 3 heterocycles. The fourth-order valence-corrected chi connectivity index (χ4v) is 7.63. The van der Waals surface area contributed by atoms with Gasteiger partial charge in [-0.1, -0.05) is 78.7 Å². The van der Waals surface area contributed by atoms with Crippen molar-refractivity contribution in [1.29, 1.82) is 0 Å². The Morgan fingerprint density at radius 2 is 1.33 bits per heavy atom. The summed E-state index contributed by atoms with van der Waals surface area (Å²) in [6.07, 6.45) is 2.34. The SMILES string of the molecule is CC(=O)CC[C@H](C)CN1C(=O)COc2cc(-c3cccc(-c4cccc(-c5ccc6c(c5)OCC(=O)N6C[C@@H]5CCC(=O)N5)c4Cl)c3Cl)ccc21. The molecule has 1 fully saturated rings. The molecular formula is C40H37Cl2N3O6. The van der Waals surface area contributed by atoms with Crippen molar-refractivity contribution in [2.45, 2.75) is 45.6 Å². The number of ether oxygens (including phenoxy) is 2. The number of anilines is 2. The van der Waals surface area contributed by atoms with Crippen molar-refractivity contribution in [1.82, 2.24) is 5.32 Å². The highest BCUT2D eigenvalue weighted by molar-refractivity contribution is 6.39. The standard InChI is InChI=1S/C40H37Cl2N3O6/c1-23(9-10-24(2)46)19-44-32-14-11-25(17-34(32)50-21-37(44)48)28-5-3-7-30(39(28)41)31-8-4-6-29(40(31)42)26-12-15-33-35(18-26)51-22-38(49)45(33)20-27-13-16-36(47)43-27/h3-8,11-12,14-15,17-18,23,27H,9-10,13,16,19-22H2,1-2H3,(H,43,47)/t23-,27-/m0/s1. The van der Waals surface area contributed by atoms with Crippen LogP contribution in [0.25, 0.3) is 33.4 Å². The van der Waals surface area contributed by atoms with E-state index < -0.39 is 0 Å². The number of Topliss-reactive ketones (excluding diaryl/α,β-unsaturated/α-hetero) is 1. The molecule has 7 rings (SSSR count). The van der Waals surface area contributed by atoms with E-state index in [4.69, 9.17) is 32.7 Å². The van der Waals surface area contributed by atoms with Crippen LogP contribution in [0.4, 0.5) is 11.4 Å². The second kappa shape index (κ2) is 14.4. The van der Waals surface area contributed by atoms with Crippen LogP contribution < -0.4 is 24.6 Å².